The summed E-state index contributed by atoms with van der Waals surface area (Å²) in [7, 11) is 1.61. The second kappa shape index (κ2) is 10.5. The summed E-state index contributed by atoms with van der Waals surface area (Å²) in [6, 6.07) is 11.1. The molecule has 0 unspecified atom stereocenters. The van der Waals surface area contributed by atoms with Crippen molar-refractivity contribution in [2.24, 2.45) is 11.0 Å². The average molecular weight is 526 g/mol. The van der Waals surface area contributed by atoms with E-state index in [0.29, 0.717) is 16.5 Å². The van der Waals surface area contributed by atoms with Crippen molar-refractivity contribution in [3.05, 3.63) is 47.5 Å². The van der Waals surface area contributed by atoms with Crippen LogP contribution in [0.5, 0.6) is 11.5 Å². The van der Waals surface area contributed by atoms with Gasteiger partial charge in [0.2, 0.25) is 0 Å². The van der Waals surface area contributed by atoms with Gasteiger partial charge in [-0.15, -0.1) is 0 Å². The zero-order valence-corrected chi connectivity index (χ0v) is 20.6. The molecule has 0 aromatic heterocycles. The van der Waals surface area contributed by atoms with Gasteiger partial charge in [0, 0.05) is 37.9 Å². The van der Waals surface area contributed by atoms with E-state index >= 15 is 0 Å². The van der Waals surface area contributed by atoms with Crippen molar-refractivity contribution < 1.29 is 32.5 Å². The molecule has 36 heavy (non-hydrogen) atoms. The number of anilines is 2. The number of hydrogen-bond acceptors (Lipinski definition) is 6. The van der Waals surface area contributed by atoms with Gasteiger partial charge in [-0.1, -0.05) is 18.5 Å². The van der Waals surface area contributed by atoms with Crippen LogP contribution in [-0.4, -0.2) is 55.3 Å². The van der Waals surface area contributed by atoms with Crippen molar-refractivity contribution in [1.29, 1.82) is 0 Å². The maximum Gasteiger partial charge on any atom is 0.431 e. The Morgan fingerprint density at radius 3 is 2.36 bits per heavy atom. The molecular formula is C25H27ClF3N3O4. The van der Waals surface area contributed by atoms with Gasteiger partial charge in [0.15, 0.2) is 0 Å². The van der Waals surface area contributed by atoms with E-state index in [9.17, 15) is 23.1 Å². The summed E-state index contributed by atoms with van der Waals surface area (Å²) in [5, 5.41) is 14.8. The first kappa shape index (κ1) is 25.9. The van der Waals surface area contributed by atoms with Crippen molar-refractivity contribution in [1.82, 2.24) is 0 Å². The lowest BCUT2D eigenvalue weighted by Gasteiger charge is -2.34. The van der Waals surface area contributed by atoms with Crippen molar-refractivity contribution in [3.8, 4) is 11.5 Å². The Labute approximate surface area is 212 Å². The van der Waals surface area contributed by atoms with Crippen LogP contribution in [0.3, 0.4) is 0 Å². The van der Waals surface area contributed by atoms with Crippen molar-refractivity contribution in [2.75, 3.05) is 30.1 Å². The Bertz CT molecular complexity index is 1120. The molecular weight excluding hydrogens is 499 g/mol. The summed E-state index contributed by atoms with van der Waals surface area (Å²) < 4.78 is 51.6. The molecule has 2 aliphatic rings. The molecule has 2 atom stereocenters. The number of carboxylic acid groups (broad SMARTS) is 1. The number of carbonyl (C=O) groups is 1. The SMILES string of the molecule is COc1ccc(Cl)c(N2CCC(Oc3ccc(N4N=C(C(F)(F)F)[C@@H](C)[C@@H]4CC(=O)O)cc3)CC2)c1. The molecule has 0 amide bonds. The monoisotopic (exact) mass is 525 g/mol. The number of ether oxygens (including phenoxy) is 2. The summed E-state index contributed by atoms with van der Waals surface area (Å²) in [5.74, 6) is -0.937. The lowest BCUT2D eigenvalue weighted by atomic mass is 9.94. The first-order chi connectivity index (χ1) is 17.1. The van der Waals surface area contributed by atoms with E-state index in [2.05, 4.69) is 10.0 Å². The minimum Gasteiger partial charge on any atom is -0.497 e. The molecule has 0 bridgehead atoms. The van der Waals surface area contributed by atoms with Crippen LogP contribution >= 0.6 is 11.6 Å². The average Bonchev–Trinajstić information content (AvgIpc) is 3.16. The third-order valence-electron chi connectivity index (χ3n) is 6.55. The lowest BCUT2D eigenvalue weighted by molar-refractivity contribution is -0.137. The van der Waals surface area contributed by atoms with E-state index in [1.165, 1.54) is 6.92 Å². The van der Waals surface area contributed by atoms with Crippen LogP contribution in [0.2, 0.25) is 5.02 Å². The number of aliphatic carboxylic acids is 1. The van der Waals surface area contributed by atoms with Gasteiger partial charge < -0.3 is 19.5 Å². The number of piperidine rings is 1. The molecule has 0 saturated carbocycles. The molecule has 1 saturated heterocycles. The van der Waals surface area contributed by atoms with Gasteiger partial charge in [-0.25, -0.2) is 0 Å². The molecule has 2 aromatic rings. The molecule has 0 spiro atoms. The molecule has 1 fully saturated rings. The van der Waals surface area contributed by atoms with Crippen LogP contribution in [0, 0.1) is 5.92 Å². The van der Waals surface area contributed by atoms with Crippen molar-refractivity contribution >= 4 is 34.7 Å². The molecule has 1 N–H and O–H groups in total. The summed E-state index contributed by atoms with van der Waals surface area (Å²) in [4.78, 5) is 13.5. The van der Waals surface area contributed by atoms with Crippen LogP contribution in [0.4, 0.5) is 24.5 Å². The summed E-state index contributed by atoms with van der Waals surface area (Å²) in [6.07, 6.45) is -3.59. The number of rotatable bonds is 7. The zero-order valence-electron chi connectivity index (χ0n) is 19.8. The molecule has 2 heterocycles. The Hall–Kier alpha value is -3.14. The minimum atomic E-state index is -4.63. The zero-order chi connectivity index (χ0) is 26.0. The fraction of sp³-hybridized carbons (Fsp3) is 0.440. The third-order valence-corrected chi connectivity index (χ3v) is 6.87. The maximum absolute atomic E-state index is 13.4. The van der Waals surface area contributed by atoms with Crippen LogP contribution in [0.25, 0.3) is 0 Å². The van der Waals surface area contributed by atoms with Crippen LogP contribution in [-0.2, 0) is 4.79 Å². The molecule has 7 nitrogen and oxygen atoms in total. The van der Waals surface area contributed by atoms with Crippen molar-refractivity contribution in [3.63, 3.8) is 0 Å². The van der Waals surface area contributed by atoms with Crippen molar-refractivity contribution in [2.45, 2.75) is 44.5 Å². The Kier molecular flexibility index (Phi) is 7.54. The van der Waals surface area contributed by atoms with Gasteiger partial charge in [0.1, 0.15) is 23.3 Å². The second-order valence-electron chi connectivity index (χ2n) is 8.90. The number of hydrazone groups is 1. The highest BCUT2D eigenvalue weighted by Gasteiger charge is 2.48. The normalized spacial score (nSPS) is 20.9. The number of alkyl halides is 3. The fourth-order valence-electron chi connectivity index (χ4n) is 4.63. The van der Waals surface area contributed by atoms with Crippen LogP contribution in [0.1, 0.15) is 26.2 Å². The largest absolute Gasteiger partial charge is 0.497 e. The summed E-state index contributed by atoms with van der Waals surface area (Å²) in [6.45, 7) is 2.84. The van der Waals surface area contributed by atoms with Gasteiger partial charge in [0.05, 0.1) is 36.0 Å². The van der Waals surface area contributed by atoms with Crippen LogP contribution < -0.4 is 19.4 Å². The molecule has 4 rings (SSSR count). The number of halogens is 4. The second-order valence-corrected chi connectivity index (χ2v) is 9.30. The lowest BCUT2D eigenvalue weighted by Crippen LogP contribution is -2.38. The van der Waals surface area contributed by atoms with Gasteiger partial charge in [-0.2, -0.15) is 18.3 Å². The smallest absolute Gasteiger partial charge is 0.431 e. The molecule has 2 aliphatic heterocycles. The Morgan fingerprint density at radius 2 is 1.78 bits per heavy atom. The first-order valence-electron chi connectivity index (χ1n) is 11.6. The van der Waals surface area contributed by atoms with E-state index in [4.69, 9.17) is 21.1 Å². The predicted octanol–water partition coefficient (Wildman–Crippen LogP) is 5.61. The number of methoxy groups -OCH3 is 1. The highest BCUT2D eigenvalue weighted by molar-refractivity contribution is 6.33. The highest BCUT2D eigenvalue weighted by atomic mass is 35.5. The van der Waals surface area contributed by atoms with E-state index in [1.54, 1.807) is 31.4 Å². The van der Waals surface area contributed by atoms with E-state index in [-0.39, 0.29) is 6.10 Å². The number of benzene rings is 2. The Morgan fingerprint density at radius 1 is 1.14 bits per heavy atom. The highest BCUT2D eigenvalue weighted by Crippen LogP contribution is 2.37. The standard InChI is InChI=1S/C25H27ClF3N3O4/c1-15-21(14-23(33)34)32(30-24(15)25(27,28)29)16-3-5-17(6-4-16)36-18-9-11-31(12-10-18)22-13-19(35-2)7-8-20(22)26/h3-8,13,15,18,21H,9-12,14H2,1-2H3,(H,33,34)/t15-,21-/m0/s1. The minimum absolute atomic E-state index is 0.0297. The Balaban J connectivity index is 1.41. The number of nitrogens with zero attached hydrogens (tertiary/aromatic N) is 3. The molecule has 2 aromatic carbocycles. The van der Waals surface area contributed by atoms with E-state index in [0.717, 1.165) is 42.4 Å². The molecule has 0 aliphatic carbocycles. The quantitative estimate of drug-likeness (QED) is 0.506. The van der Waals surface area contributed by atoms with Crippen LogP contribution in [0.15, 0.2) is 47.6 Å². The van der Waals surface area contributed by atoms with Gasteiger partial charge in [-0.3, -0.25) is 9.80 Å². The summed E-state index contributed by atoms with van der Waals surface area (Å²) in [5.41, 5.74) is 0.313. The maximum atomic E-state index is 13.4. The number of hydrogen-bond donors (Lipinski definition) is 1. The van der Waals surface area contributed by atoms with Gasteiger partial charge in [-0.05, 0) is 36.4 Å². The molecule has 0 radical (unpaired) electrons. The third kappa shape index (κ3) is 5.64. The topological polar surface area (TPSA) is 74.6 Å². The summed E-state index contributed by atoms with van der Waals surface area (Å²) >= 11 is 6.37. The number of carboxylic acids is 1. The first-order valence-corrected chi connectivity index (χ1v) is 12.0. The molecule has 11 heteroatoms. The van der Waals surface area contributed by atoms with E-state index in [1.807, 2.05) is 18.2 Å². The fourth-order valence-corrected chi connectivity index (χ4v) is 4.86. The predicted molar refractivity (Wildman–Crippen MR) is 131 cm³/mol. The van der Waals surface area contributed by atoms with Gasteiger partial charge >= 0.3 is 12.1 Å². The van der Waals surface area contributed by atoms with E-state index < -0.39 is 36.2 Å². The molecule has 194 valence electrons. The van der Waals surface area contributed by atoms with Gasteiger partial charge in [0.25, 0.3) is 0 Å².